The highest BCUT2D eigenvalue weighted by Crippen LogP contribution is 2.28. The number of aryl methyl sites for hydroxylation is 1. The van der Waals surface area contributed by atoms with Gasteiger partial charge in [0.05, 0.1) is 6.54 Å². The average molecular weight is 344 g/mol. The van der Waals surface area contributed by atoms with Gasteiger partial charge in [0.25, 0.3) is 0 Å². The third-order valence-electron chi connectivity index (χ3n) is 3.63. The molecule has 2 heterocycles. The van der Waals surface area contributed by atoms with E-state index in [4.69, 9.17) is 21.1 Å². The standard InChI is InChI=1S/C17H18ClN5O/c1-4-13-15(18)20-16(12-8-6-5-7-9-12)21-17(13)23(3)10-14-19-11(2)24-22-14/h5-9H,4,10H2,1-3H3. The second kappa shape index (κ2) is 6.97. The molecular formula is C17H18ClN5O. The molecule has 0 unspecified atom stereocenters. The van der Waals surface area contributed by atoms with E-state index in [1.807, 2.05) is 49.2 Å². The molecule has 0 aliphatic carbocycles. The number of aromatic nitrogens is 4. The van der Waals surface area contributed by atoms with Crippen molar-refractivity contribution in [3.8, 4) is 11.4 Å². The maximum absolute atomic E-state index is 6.41. The average Bonchev–Trinajstić information content (AvgIpc) is 2.99. The van der Waals surface area contributed by atoms with Crippen molar-refractivity contribution in [3.05, 3.63) is 52.8 Å². The minimum Gasteiger partial charge on any atom is -0.352 e. The van der Waals surface area contributed by atoms with E-state index in [0.717, 1.165) is 23.4 Å². The lowest BCUT2D eigenvalue weighted by molar-refractivity contribution is 0.387. The van der Waals surface area contributed by atoms with E-state index >= 15 is 0 Å². The first kappa shape index (κ1) is 16.4. The Kier molecular flexibility index (Phi) is 4.76. The summed E-state index contributed by atoms with van der Waals surface area (Å²) in [6, 6.07) is 9.78. The first-order chi connectivity index (χ1) is 11.6. The predicted octanol–water partition coefficient (Wildman–Crippen LogP) is 3.69. The van der Waals surface area contributed by atoms with Crippen molar-refractivity contribution in [1.29, 1.82) is 0 Å². The Labute approximate surface area is 145 Å². The lowest BCUT2D eigenvalue weighted by atomic mass is 10.2. The maximum atomic E-state index is 6.41. The summed E-state index contributed by atoms with van der Waals surface area (Å²) in [6.45, 7) is 4.28. The number of hydrogen-bond donors (Lipinski definition) is 0. The molecule has 3 rings (SSSR count). The van der Waals surface area contributed by atoms with Crippen LogP contribution < -0.4 is 4.90 Å². The van der Waals surface area contributed by atoms with Crippen LogP contribution in [0.1, 0.15) is 24.2 Å². The summed E-state index contributed by atoms with van der Waals surface area (Å²) in [7, 11) is 1.93. The van der Waals surface area contributed by atoms with E-state index < -0.39 is 0 Å². The molecule has 0 spiro atoms. The Morgan fingerprint density at radius 1 is 1.12 bits per heavy atom. The third-order valence-corrected chi connectivity index (χ3v) is 3.94. The summed E-state index contributed by atoms with van der Waals surface area (Å²) in [5.41, 5.74) is 1.83. The van der Waals surface area contributed by atoms with Gasteiger partial charge in [0.1, 0.15) is 11.0 Å². The van der Waals surface area contributed by atoms with Crippen molar-refractivity contribution in [3.63, 3.8) is 0 Å². The van der Waals surface area contributed by atoms with E-state index in [9.17, 15) is 0 Å². The molecule has 1 aromatic carbocycles. The lowest BCUT2D eigenvalue weighted by Gasteiger charge is -2.20. The van der Waals surface area contributed by atoms with Crippen molar-refractivity contribution < 1.29 is 4.52 Å². The number of rotatable bonds is 5. The molecule has 0 fully saturated rings. The van der Waals surface area contributed by atoms with Crippen LogP contribution in [0.4, 0.5) is 5.82 Å². The van der Waals surface area contributed by atoms with Crippen LogP contribution >= 0.6 is 11.6 Å². The fourth-order valence-corrected chi connectivity index (χ4v) is 2.77. The van der Waals surface area contributed by atoms with Gasteiger partial charge < -0.3 is 9.42 Å². The Hall–Kier alpha value is -2.47. The summed E-state index contributed by atoms with van der Waals surface area (Å²) in [4.78, 5) is 15.4. The van der Waals surface area contributed by atoms with E-state index in [-0.39, 0.29) is 0 Å². The Morgan fingerprint density at radius 2 is 1.88 bits per heavy atom. The van der Waals surface area contributed by atoms with Crippen molar-refractivity contribution in [1.82, 2.24) is 20.1 Å². The lowest BCUT2D eigenvalue weighted by Crippen LogP contribution is -2.21. The van der Waals surface area contributed by atoms with Crippen LogP contribution in [0.15, 0.2) is 34.9 Å². The summed E-state index contributed by atoms with van der Waals surface area (Å²) in [5.74, 6) is 2.52. The van der Waals surface area contributed by atoms with Gasteiger partial charge >= 0.3 is 0 Å². The topological polar surface area (TPSA) is 67.9 Å². The normalized spacial score (nSPS) is 10.8. The molecule has 24 heavy (non-hydrogen) atoms. The van der Waals surface area contributed by atoms with E-state index in [0.29, 0.717) is 29.2 Å². The largest absolute Gasteiger partial charge is 0.352 e. The second-order valence-electron chi connectivity index (χ2n) is 5.45. The number of anilines is 1. The van der Waals surface area contributed by atoms with Gasteiger partial charge in [-0.05, 0) is 6.42 Å². The SMILES string of the molecule is CCc1c(Cl)nc(-c2ccccc2)nc1N(C)Cc1noc(C)n1. The number of halogens is 1. The van der Waals surface area contributed by atoms with Crippen LogP contribution in [0, 0.1) is 6.92 Å². The van der Waals surface area contributed by atoms with Crippen LogP contribution in [-0.4, -0.2) is 27.2 Å². The van der Waals surface area contributed by atoms with Gasteiger partial charge in [-0.25, -0.2) is 9.97 Å². The van der Waals surface area contributed by atoms with Gasteiger partial charge in [-0.3, -0.25) is 0 Å². The molecule has 0 bridgehead atoms. The summed E-state index contributed by atoms with van der Waals surface area (Å²) in [5, 5.41) is 4.41. The highest BCUT2D eigenvalue weighted by molar-refractivity contribution is 6.30. The summed E-state index contributed by atoms with van der Waals surface area (Å²) in [6.07, 6.45) is 0.735. The van der Waals surface area contributed by atoms with Crippen LogP contribution in [0.25, 0.3) is 11.4 Å². The Bertz CT molecular complexity index is 834. The number of hydrogen-bond acceptors (Lipinski definition) is 6. The first-order valence-electron chi connectivity index (χ1n) is 7.70. The van der Waals surface area contributed by atoms with Crippen LogP contribution in [0.2, 0.25) is 5.15 Å². The van der Waals surface area contributed by atoms with E-state index in [2.05, 4.69) is 15.1 Å². The molecule has 0 atom stereocenters. The van der Waals surface area contributed by atoms with E-state index in [1.54, 1.807) is 6.92 Å². The molecule has 6 nitrogen and oxygen atoms in total. The van der Waals surface area contributed by atoms with Gasteiger partial charge in [0.2, 0.25) is 5.89 Å². The molecule has 0 saturated heterocycles. The van der Waals surface area contributed by atoms with Crippen molar-refractivity contribution in [2.24, 2.45) is 0 Å². The summed E-state index contributed by atoms with van der Waals surface area (Å²) < 4.78 is 5.03. The molecule has 0 aliphatic rings. The molecule has 2 aromatic heterocycles. The predicted molar refractivity (Wildman–Crippen MR) is 93.0 cm³/mol. The first-order valence-corrected chi connectivity index (χ1v) is 8.08. The van der Waals surface area contributed by atoms with Crippen molar-refractivity contribution in [2.75, 3.05) is 11.9 Å². The van der Waals surface area contributed by atoms with Crippen molar-refractivity contribution in [2.45, 2.75) is 26.8 Å². The smallest absolute Gasteiger partial charge is 0.223 e. The van der Waals surface area contributed by atoms with Gasteiger partial charge in [-0.2, -0.15) is 4.98 Å². The van der Waals surface area contributed by atoms with Gasteiger partial charge in [0.15, 0.2) is 11.6 Å². The Balaban J connectivity index is 1.99. The zero-order valence-corrected chi connectivity index (χ0v) is 14.6. The minimum atomic E-state index is 0.470. The monoisotopic (exact) mass is 343 g/mol. The van der Waals surface area contributed by atoms with Gasteiger partial charge in [-0.1, -0.05) is 54.0 Å². The molecule has 7 heteroatoms. The third kappa shape index (κ3) is 3.38. The number of nitrogens with zero attached hydrogens (tertiary/aromatic N) is 5. The van der Waals surface area contributed by atoms with E-state index in [1.165, 1.54) is 0 Å². The highest BCUT2D eigenvalue weighted by Gasteiger charge is 2.17. The molecule has 124 valence electrons. The molecule has 3 aromatic rings. The Morgan fingerprint density at radius 3 is 2.50 bits per heavy atom. The zero-order chi connectivity index (χ0) is 17.1. The van der Waals surface area contributed by atoms with Gasteiger partial charge in [-0.15, -0.1) is 0 Å². The number of benzene rings is 1. The molecule has 0 amide bonds. The highest BCUT2D eigenvalue weighted by atomic mass is 35.5. The molecule has 0 aliphatic heterocycles. The fraction of sp³-hybridized carbons (Fsp3) is 0.294. The zero-order valence-electron chi connectivity index (χ0n) is 13.8. The molecule has 0 N–H and O–H groups in total. The van der Waals surface area contributed by atoms with Crippen LogP contribution in [0.3, 0.4) is 0 Å². The van der Waals surface area contributed by atoms with Crippen LogP contribution in [-0.2, 0) is 13.0 Å². The quantitative estimate of drug-likeness (QED) is 0.658. The molecule has 0 radical (unpaired) electrons. The molecular weight excluding hydrogens is 326 g/mol. The van der Waals surface area contributed by atoms with Crippen LogP contribution in [0.5, 0.6) is 0 Å². The van der Waals surface area contributed by atoms with Crippen molar-refractivity contribution >= 4 is 17.4 Å². The fourth-order valence-electron chi connectivity index (χ4n) is 2.47. The maximum Gasteiger partial charge on any atom is 0.223 e. The minimum absolute atomic E-state index is 0.470. The second-order valence-corrected chi connectivity index (χ2v) is 5.80. The van der Waals surface area contributed by atoms with Gasteiger partial charge in [0, 0.05) is 25.1 Å². The molecule has 0 saturated carbocycles. The summed E-state index contributed by atoms with van der Waals surface area (Å²) >= 11 is 6.41.